The second-order valence-corrected chi connectivity index (χ2v) is 4.36. The van der Waals surface area contributed by atoms with Crippen LogP contribution >= 0.6 is 0 Å². The van der Waals surface area contributed by atoms with E-state index in [1.807, 2.05) is 20.8 Å². The van der Waals surface area contributed by atoms with E-state index in [2.05, 4.69) is 6.07 Å². The van der Waals surface area contributed by atoms with E-state index in [9.17, 15) is 5.21 Å². The van der Waals surface area contributed by atoms with Crippen LogP contribution in [0.2, 0.25) is 0 Å². The van der Waals surface area contributed by atoms with Gasteiger partial charge in [-0.25, -0.2) is 0 Å². The summed E-state index contributed by atoms with van der Waals surface area (Å²) in [6.45, 7) is 5.83. The zero-order chi connectivity index (χ0) is 11.6. The van der Waals surface area contributed by atoms with E-state index < -0.39 is 0 Å². The molecule has 0 spiro atoms. The quantitative estimate of drug-likeness (QED) is 0.715. The maximum Gasteiger partial charge on any atom is 0.0994 e. The maximum absolute atomic E-state index is 10.7. The van der Waals surface area contributed by atoms with Gasteiger partial charge in [-0.1, -0.05) is 20.8 Å². The molecule has 0 bridgehead atoms. The third-order valence-electron chi connectivity index (χ3n) is 2.15. The minimum Gasteiger partial charge on any atom is -0.733 e. The van der Waals surface area contributed by atoms with Crippen LogP contribution in [0.1, 0.15) is 31.9 Å². The van der Waals surface area contributed by atoms with Gasteiger partial charge in [-0.15, -0.1) is 0 Å². The van der Waals surface area contributed by atoms with E-state index in [4.69, 9.17) is 10.5 Å². The molecule has 0 aromatic heterocycles. The van der Waals surface area contributed by atoms with Crippen LogP contribution < -0.4 is 5.23 Å². The molecule has 0 aliphatic rings. The molecule has 0 aliphatic heterocycles. The van der Waals surface area contributed by atoms with Gasteiger partial charge in [0.25, 0.3) is 0 Å². The van der Waals surface area contributed by atoms with Gasteiger partial charge in [0, 0.05) is 0 Å². The fourth-order valence-electron chi connectivity index (χ4n) is 1.37. The largest absolute Gasteiger partial charge is 0.733 e. The van der Waals surface area contributed by atoms with Crippen molar-refractivity contribution in [2.24, 2.45) is 0 Å². The van der Waals surface area contributed by atoms with Crippen molar-refractivity contribution < 1.29 is 5.21 Å². The summed E-state index contributed by atoms with van der Waals surface area (Å²) in [4.78, 5) is 0. The zero-order valence-electron chi connectivity index (χ0n) is 8.98. The lowest BCUT2D eigenvalue weighted by Crippen LogP contribution is -2.15. The van der Waals surface area contributed by atoms with Crippen LogP contribution in [0.15, 0.2) is 18.2 Å². The van der Waals surface area contributed by atoms with Gasteiger partial charge in [0.05, 0.1) is 17.3 Å². The average Bonchev–Trinajstić information content (AvgIpc) is 2.15. The van der Waals surface area contributed by atoms with Gasteiger partial charge >= 0.3 is 0 Å². The first-order valence-corrected chi connectivity index (χ1v) is 4.57. The van der Waals surface area contributed by atoms with E-state index in [-0.39, 0.29) is 16.3 Å². The van der Waals surface area contributed by atoms with Gasteiger partial charge in [-0.3, -0.25) is 5.21 Å². The van der Waals surface area contributed by atoms with Crippen molar-refractivity contribution in [1.82, 2.24) is 0 Å². The van der Waals surface area contributed by atoms with Crippen LogP contribution in [-0.4, -0.2) is 5.21 Å². The molecule has 0 aliphatic carbocycles. The zero-order valence-corrected chi connectivity index (χ0v) is 8.98. The Kier molecular flexibility index (Phi) is 2.98. The number of benzene rings is 1. The molecule has 15 heavy (non-hydrogen) atoms. The highest BCUT2D eigenvalue weighted by Crippen LogP contribution is 2.28. The summed E-state index contributed by atoms with van der Waals surface area (Å²) in [5.74, 6) is 0. The Labute approximate surface area is 88.9 Å². The Bertz CT molecular complexity index is 400. The number of nitriles is 1. The highest BCUT2D eigenvalue weighted by Gasteiger charge is 2.18. The van der Waals surface area contributed by atoms with Crippen LogP contribution in [0.4, 0.5) is 5.69 Å². The number of rotatable bonds is 1. The first-order chi connectivity index (χ1) is 6.86. The second kappa shape index (κ2) is 3.89. The van der Waals surface area contributed by atoms with E-state index in [0.717, 1.165) is 5.56 Å². The number of anilines is 1. The molecule has 0 amide bonds. The lowest BCUT2D eigenvalue weighted by Gasteiger charge is -2.26. The highest BCUT2D eigenvalue weighted by molar-refractivity contribution is 5.54. The molecular formula is C11H13N2O2-. The molecule has 4 nitrogen and oxygen atoms in total. The predicted molar refractivity (Wildman–Crippen MR) is 57.5 cm³/mol. The Hall–Kier alpha value is -1.57. The monoisotopic (exact) mass is 205 g/mol. The Morgan fingerprint density at radius 1 is 1.40 bits per heavy atom. The third kappa shape index (κ3) is 2.46. The molecule has 0 fully saturated rings. The normalized spacial score (nSPS) is 10.9. The van der Waals surface area contributed by atoms with Gasteiger partial charge in [0.1, 0.15) is 0 Å². The summed E-state index contributed by atoms with van der Waals surface area (Å²) < 4.78 is 0. The Balaban J connectivity index is 3.34. The highest BCUT2D eigenvalue weighted by atomic mass is 16.8. The van der Waals surface area contributed by atoms with E-state index >= 15 is 0 Å². The van der Waals surface area contributed by atoms with Crippen molar-refractivity contribution in [2.75, 3.05) is 5.23 Å². The predicted octanol–water partition coefficient (Wildman–Crippen LogP) is 2.55. The number of hydrogen-bond donors (Lipinski definition) is 1. The van der Waals surface area contributed by atoms with Gasteiger partial charge < -0.3 is 10.4 Å². The molecule has 1 aromatic carbocycles. The fourth-order valence-corrected chi connectivity index (χ4v) is 1.37. The van der Waals surface area contributed by atoms with Gasteiger partial charge in [0.2, 0.25) is 0 Å². The van der Waals surface area contributed by atoms with Crippen LogP contribution in [-0.2, 0) is 5.41 Å². The van der Waals surface area contributed by atoms with E-state index in [1.54, 1.807) is 0 Å². The van der Waals surface area contributed by atoms with Crippen molar-refractivity contribution in [3.05, 3.63) is 34.5 Å². The van der Waals surface area contributed by atoms with Gasteiger partial charge in [0.15, 0.2) is 0 Å². The minimum absolute atomic E-state index is 0.138. The summed E-state index contributed by atoms with van der Waals surface area (Å²) in [6.07, 6.45) is 0. The van der Waals surface area contributed by atoms with E-state index in [0.29, 0.717) is 5.56 Å². The molecular weight excluding hydrogens is 192 g/mol. The SMILES string of the molecule is CC(C)(C)c1cc(N([O-])O)ccc1C#N. The summed E-state index contributed by atoms with van der Waals surface area (Å²) in [7, 11) is 0. The molecule has 80 valence electrons. The van der Waals surface area contributed by atoms with Crippen molar-refractivity contribution >= 4 is 5.69 Å². The number of hydrogen-bond acceptors (Lipinski definition) is 4. The van der Waals surface area contributed by atoms with Crippen molar-refractivity contribution in [3.8, 4) is 6.07 Å². The van der Waals surface area contributed by atoms with Crippen molar-refractivity contribution in [3.63, 3.8) is 0 Å². The molecule has 0 unspecified atom stereocenters. The standard InChI is InChI=1S/C11H13N2O2/c1-11(2,3)10-6-9(13(14)15)5-4-8(10)7-12/h4-6,14H,1-3H3/q-1. The van der Waals surface area contributed by atoms with Gasteiger partial charge in [-0.2, -0.15) is 5.26 Å². The van der Waals surface area contributed by atoms with Crippen molar-refractivity contribution in [1.29, 1.82) is 5.26 Å². The summed E-state index contributed by atoms with van der Waals surface area (Å²) in [5.41, 5.74) is 1.17. The van der Waals surface area contributed by atoms with Crippen molar-refractivity contribution in [2.45, 2.75) is 26.2 Å². The molecule has 0 saturated heterocycles. The van der Waals surface area contributed by atoms with Crippen LogP contribution in [0.25, 0.3) is 0 Å². The lowest BCUT2D eigenvalue weighted by atomic mass is 9.84. The first-order valence-electron chi connectivity index (χ1n) is 4.57. The summed E-state index contributed by atoms with van der Waals surface area (Å²) >= 11 is 0. The fraction of sp³-hybridized carbons (Fsp3) is 0.364. The molecule has 1 N–H and O–H groups in total. The molecule has 1 rings (SSSR count). The lowest BCUT2D eigenvalue weighted by molar-refractivity contribution is 0.296. The molecule has 0 saturated carbocycles. The first kappa shape index (κ1) is 11.5. The summed E-state index contributed by atoms with van der Waals surface area (Å²) in [6, 6.07) is 6.56. The second-order valence-electron chi connectivity index (χ2n) is 4.36. The van der Waals surface area contributed by atoms with Crippen LogP contribution in [0.5, 0.6) is 0 Å². The molecule has 1 aromatic rings. The van der Waals surface area contributed by atoms with Gasteiger partial charge in [-0.05, 0) is 29.2 Å². The maximum atomic E-state index is 10.7. The molecule has 0 radical (unpaired) electrons. The smallest absolute Gasteiger partial charge is 0.0994 e. The topological polar surface area (TPSA) is 70.3 Å². The molecule has 0 atom stereocenters. The number of nitrogens with zero attached hydrogens (tertiary/aromatic N) is 2. The Morgan fingerprint density at radius 2 is 2.00 bits per heavy atom. The van der Waals surface area contributed by atoms with Crippen LogP contribution in [0, 0.1) is 16.5 Å². The average molecular weight is 205 g/mol. The summed E-state index contributed by atoms with van der Waals surface area (Å²) in [5, 5.41) is 28.2. The van der Waals surface area contributed by atoms with E-state index in [1.165, 1.54) is 18.2 Å². The minimum atomic E-state index is -0.239. The molecule has 4 heteroatoms. The van der Waals surface area contributed by atoms with Crippen LogP contribution in [0.3, 0.4) is 0 Å². The third-order valence-corrected chi connectivity index (χ3v) is 2.15. The Morgan fingerprint density at radius 3 is 2.40 bits per heavy atom. The molecule has 0 heterocycles.